The normalized spacial score (nSPS) is 11.9. The molecule has 0 spiro atoms. The Balaban J connectivity index is 2.98. The van der Waals surface area contributed by atoms with Crippen LogP contribution in [0.25, 0.3) is 0 Å². The van der Waals surface area contributed by atoms with E-state index < -0.39 is 0 Å². The first-order valence-corrected chi connectivity index (χ1v) is 7.02. The summed E-state index contributed by atoms with van der Waals surface area (Å²) in [4.78, 5) is 0. The Morgan fingerprint density at radius 2 is 1.31 bits per heavy atom. The van der Waals surface area contributed by atoms with Gasteiger partial charge in [0, 0.05) is 0 Å². The van der Waals surface area contributed by atoms with Crippen molar-refractivity contribution >= 4 is 0 Å². The van der Waals surface area contributed by atoms with Crippen molar-refractivity contribution in [3.05, 3.63) is 31.2 Å². The van der Waals surface area contributed by atoms with Gasteiger partial charge in [0.25, 0.3) is 0 Å². The summed E-state index contributed by atoms with van der Waals surface area (Å²) in [6.07, 6.45) is 22.1. The second kappa shape index (κ2) is 14.5. The van der Waals surface area contributed by atoms with E-state index in [1.807, 2.05) is 12.2 Å². The van der Waals surface area contributed by atoms with Crippen LogP contribution in [0.2, 0.25) is 0 Å². The molecular weight excluding hydrogens is 192 g/mol. The lowest BCUT2D eigenvalue weighted by molar-refractivity contribution is 0.566. The fourth-order valence-corrected chi connectivity index (χ4v) is 1.83. The number of hydrogen-bond donors (Lipinski definition) is 0. The van der Waals surface area contributed by atoms with E-state index in [1.165, 1.54) is 64.2 Å². The predicted octanol–water partition coefficient (Wildman–Crippen LogP) is 5.85. The average Bonchev–Trinajstić information content (AvgIpc) is 2.31. The molecule has 0 N–H and O–H groups in total. The third kappa shape index (κ3) is 13.5. The van der Waals surface area contributed by atoms with Gasteiger partial charge in [-0.3, -0.25) is 0 Å². The Morgan fingerprint density at radius 1 is 0.750 bits per heavy atom. The van der Waals surface area contributed by atoms with Gasteiger partial charge in [0.05, 0.1) is 0 Å². The average molecular weight is 221 g/mol. The molecule has 0 rings (SSSR count). The zero-order chi connectivity index (χ0) is 11.9. The van der Waals surface area contributed by atoms with E-state index >= 15 is 0 Å². The first-order valence-electron chi connectivity index (χ1n) is 7.02. The third-order valence-electron chi connectivity index (χ3n) is 2.86. The number of allylic oxidation sites excluding steroid dienone is 4. The third-order valence-corrected chi connectivity index (χ3v) is 2.86. The quantitative estimate of drug-likeness (QED) is 0.303. The minimum Gasteiger partial charge on any atom is -0.0845 e. The molecule has 0 bridgehead atoms. The maximum atomic E-state index is 3.64. The molecule has 0 aliphatic rings. The van der Waals surface area contributed by atoms with E-state index in [2.05, 4.69) is 26.0 Å². The molecule has 0 saturated carbocycles. The van der Waals surface area contributed by atoms with Crippen LogP contribution in [0, 0.1) is 6.92 Å². The highest BCUT2D eigenvalue weighted by Crippen LogP contribution is 2.10. The van der Waals surface area contributed by atoms with Crippen LogP contribution in [0.15, 0.2) is 24.3 Å². The van der Waals surface area contributed by atoms with Crippen LogP contribution in [-0.2, 0) is 0 Å². The van der Waals surface area contributed by atoms with Crippen LogP contribution >= 0.6 is 0 Å². The predicted molar refractivity (Wildman–Crippen MR) is 75.5 cm³/mol. The summed E-state index contributed by atoms with van der Waals surface area (Å²) >= 11 is 0. The molecule has 0 aromatic rings. The highest BCUT2D eigenvalue weighted by atomic mass is 14.0. The van der Waals surface area contributed by atoms with E-state index in [4.69, 9.17) is 0 Å². The maximum Gasteiger partial charge on any atom is -0.0313 e. The van der Waals surface area contributed by atoms with Gasteiger partial charge in [-0.25, -0.2) is 0 Å². The van der Waals surface area contributed by atoms with E-state index in [9.17, 15) is 0 Å². The first-order chi connectivity index (χ1) is 7.91. The number of rotatable bonds is 11. The molecule has 1 radical (unpaired) electrons. The van der Waals surface area contributed by atoms with E-state index in [1.54, 1.807) is 0 Å². The van der Waals surface area contributed by atoms with Crippen LogP contribution in [0.1, 0.15) is 71.1 Å². The smallest absolute Gasteiger partial charge is 0.0313 e. The molecule has 0 heterocycles. The summed E-state index contributed by atoms with van der Waals surface area (Å²) in [5.41, 5.74) is 0. The second-order valence-corrected chi connectivity index (χ2v) is 4.47. The lowest BCUT2D eigenvalue weighted by atomic mass is 10.1. The minimum atomic E-state index is 1.22. The van der Waals surface area contributed by atoms with Gasteiger partial charge in [-0.05, 0) is 19.8 Å². The van der Waals surface area contributed by atoms with Crippen molar-refractivity contribution in [2.75, 3.05) is 0 Å². The van der Waals surface area contributed by atoms with E-state index in [0.29, 0.717) is 0 Å². The molecule has 93 valence electrons. The standard InChI is InChI=1S/C16H29/c1-3-5-7-9-11-13-15-16-14-12-10-8-6-4-2/h3,5,7,9H,1,4,6,8,10-16H2,2H3. The van der Waals surface area contributed by atoms with Gasteiger partial charge >= 0.3 is 0 Å². The lowest BCUT2D eigenvalue weighted by Crippen LogP contribution is -1.80. The van der Waals surface area contributed by atoms with Crippen LogP contribution in [0.4, 0.5) is 0 Å². The number of hydrogen-bond acceptors (Lipinski definition) is 0. The van der Waals surface area contributed by atoms with Gasteiger partial charge < -0.3 is 0 Å². The molecule has 0 atom stereocenters. The van der Waals surface area contributed by atoms with Gasteiger partial charge in [0.15, 0.2) is 0 Å². The molecule has 0 amide bonds. The summed E-state index contributed by atoms with van der Waals surface area (Å²) in [5.74, 6) is 0. The van der Waals surface area contributed by atoms with Gasteiger partial charge in [0.1, 0.15) is 0 Å². The van der Waals surface area contributed by atoms with Crippen molar-refractivity contribution in [2.45, 2.75) is 71.1 Å². The van der Waals surface area contributed by atoms with Crippen molar-refractivity contribution in [2.24, 2.45) is 0 Å². The summed E-state index contributed by atoms with van der Waals surface area (Å²) < 4.78 is 0. The highest BCUT2D eigenvalue weighted by Gasteiger charge is 1.90. The molecule has 0 nitrogen and oxygen atoms in total. The monoisotopic (exact) mass is 221 g/mol. The Bertz CT molecular complexity index is 165. The van der Waals surface area contributed by atoms with Crippen LogP contribution < -0.4 is 0 Å². The van der Waals surface area contributed by atoms with Crippen molar-refractivity contribution in [1.82, 2.24) is 0 Å². The zero-order valence-electron chi connectivity index (χ0n) is 11.1. The lowest BCUT2D eigenvalue weighted by Gasteiger charge is -2.00. The SMILES string of the molecule is [CH2]C=CC=CCCCCCCCCCCC. The summed E-state index contributed by atoms with van der Waals surface area (Å²) in [6.45, 7) is 5.92. The van der Waals surface area contributed by atoms with Crippen LogP contribution in [-0.4, -0.2) is 0 Å². The molecule has 0 aromatic heterocycles. The molecule has 0 aromatic carbocycles. The van der Waals surface area contributed by atoms with Crippen molar-refractivity contribution < 1.29 is 0 Å². The fourth-order valence-electron chi connectivity index (χ4n) is 1.83. The first kappa shape index (κ1) is 15.5. The molecule has 0 heteroatoms. The summed E-state index contributed by atoms with van der Waals surface area (Å²) in [5, 5.41) is 0. The topological polar surface area (TPSA) is 0 Å². The Hall–Kier alpha value is -0.520. The molecule has 0 aliphatic heterocycles. The van der Waals surface area contributed by atoms with Gasteiger partial charge in [-0.15, -0.1) is 0 Å². The van der Waals surface area contributed by atoms with Gasteiger partial charge in [-0.1, -0.05) is 82.6 Å². The Kier molecular flexibility index (Phi) is 14.0. The summed E-state index contributed by atoms with van der Waals surface area (Å²) in [6, 6.07) is 0. The van der Waals surface area contributed by atoms with Gasteiger partial charge in [0.2, 0.25) is 0 Å². The van der Waals surface area contributed by atoms with Crippen molar-refractivity contribution in [1.29, 1.82) is 0 Å². The Morgan fingerprint density at radius 3 is 1.88 bits per heavy atom. The van der Waals surface area contributed by atoms with E-state index in [0.717, 1.165) is 0 Å². The maximum absolute atomic E-state index is 3.64. The molecule has 0 aliphatic carbocycles. The van der Waals surface area contributed by atoms with Crippen LogP contribution in [0.3, 0.4) is 0 Å². The van der Waals surface area contributed by atoms with Crippen molar-refractivity contribution in [3.8, 4) is 0 Å². The highest BCUT2D eigenvalue weighted by molar-refractivity contribution is 5.03. The van der Waals surface area contributed by atoms with Crippen molar-refractivity contribution in [3.63, 3.8) is 0 Å². The molecule has 0 fully saturated rings. The molecule has 0 unspecified atom stereocenters. The summed E-state index contributed by atoms with van der Waals surface area (Å²) in [7, 11) is 0. The zero-order valence-corrected chi connectivity index (χ0v) is 11.1. The molecule has 16 heavy (non-hydrogen) atoms. The minimum absolute atomic E-state index is 1.22. The second-order valence-electron chi connectivity index (χ2n) is 4.47. The Labute approximate surface area is 103 Å². The largest absolute Gasteiger partial charge is 0.0845 e. The van der Waals surface area contributed by atoms with Gasteiger partial charge in [-0.2, -0.15) is 0 Å². The molecular formula is C16H29. The van der Waals surface area contributed by atoms with Crippen LogP contribution in [0.5, 0.6) is 0 Å². The number of unbranched alkanes of at least 4 members (excludes halogenated alkanes) is 9. The molecule has 0 saturated heterocycles. The van der Waals surface area contributed by atoms with E-state index in [-0.39, 0.29) is 0 Å². The fraction of sp³-hybridized carbons (Fsp3) is 0.688.